The van der Waals surface area contributed by atoms with Gasteiger partial charge in [0.2, 0.25) is 0 Å². The Labute approximate surface area is 126 Å². The van der Waals surface area contributed by atoms with Crippen LogP contribution >= 0.6 is 11.3 Å². The summed E-state index contributed by atoms with van der Waals surface area (Å²) in [6.45, 7) is 11.4. The zero-order valence-electron chi connectivity index (χ0n) is 12.9. The second-order valence-corrected chi connectivity index (χ2v) is 6.39. The molecule has 0 unspecified atom stereocenters. The number of hydrogen-bond donors (Lipinski definition) is 1. The number of piperidine rings is 1. The lowest BCUT2D eigenvalue weighted by molar-refractivity contribution is 0.0459. The molecule has 0 aromatic carbocycles. The van der Waals surface area contributed by atoms with Gasteiger partial charge >= 0.3 is 0 Å². The number of hydrogen-bond acceptors (Lipinski definition) is 5. The number of nitrogens with zero attached hydrogens (tertiary/aromatic N) is 2. The smallest absolute Gasteiger partial charge is 0.185 e. The van der Waals surface area contributed by atoms with E-state index in [0.717, 1.165) is 45.6 Å². The lowest BCUT2D eigenvalue weighted by atomic mass is 10.1. The highest BCUT2D eigenvalue weighted by Crippen LogP contribution is 2.28. The third kappa shape index (κ3) is 4.17. The summed E-state index contributed by atoms with van der Waals surface area (Å²) in [6.07, 6.45) is 3.87. The highest BCUT2D eigenvalue weighted by Gasteiger charge is 2.22. The van der Waals surface area contributed by atoms with Gasteiger partial charge in [-0.3, -0.25) is 0 Å². The normalized spacial score (nSPS) is 16.9. The van der Waals surface area contributed by atoms with Crippen LogP contribution in [0.5, 0.6) is 0 Å². The van der Waals surface area contributed by atoms with Crippen LogP contribution in [0.4, 0.5) is 5.13 Å². The molecule has 20 heavy (non-hydrogen) atoms. The molecule has 2 heterocycles. The Kier molecular flexibility index (Phi) is 6.26. The van der Waals surface area contributed by atoms with Crippen LogP contribution in [-0.2, 0) is 11.3 Å². The molecule has 114 valence electrons. The van der Waals surface area contributed by atoms with E-state index < -0.39 is 0 Å². The van der Waals surface area contributed by atoms with E-state index in [1.165, 1.54) is 22.1 Å². The van der Waals surface area contributed by atoms with Gasteiger partial charge in [0.05, 0.1) is 11.8 Å². The van der Waals surface area contributed by atoms with Gasteiger partial charge in [0.15, 0.2) is 5.13 Å². The van der Waals surface area contributed by atoms with Crippen LogP contribution < -0.4 is 10.2 Å². The molecule has 4 nitrogen and oxygen atoms in total. The molecule has 1 aromatic rings. The van der Waals surface area contributed by atoms with Gasteiger partial charge in [-0.2, -0.15) is 0 Å². The molecule has 0 saturated carbocycles. The first kappa shape index (κ1) is 15.7. The molecule has 0 amide bonds. The Bertz CT molecular complexity index is 400. The molecule has 0 spiro atoms. The van der Waals surface area contributed by atoms with Gasteiger partial charge in [-0.25, -0.2) is 4.98 Å². The van der Waals surface area contributed by atoms with Gasteiger partial charge in [0.1, 0.15) is 0 Å². The van der Waals surface area contributed by atoms with E-state index in [1.54, 1.807) is 0 Å². The third-order valence-electron chi connectivity index (χ3n) is 3.71. The van der Waals surface area contributed by atoms with Crippen molar-refractivity contribution in [1.29, 1.82) is 0 Å². The second kappa shape index (κ2) is 7.96. The molecule has 1 fully saturated rings. The van der Waals surface area contributed by atoms with Crippen LogP contribution in [0.15, 0.2) is 0 Å². The number of ether oxygens (including phenoxy) is 1. The minimum atomic E-state index is 0.447. The van der Waals surface area contributed by atoms with Gasteiger partial charge in [0, 0.05) is 31.1 Å². The van der Waals surface area contributed by atoms with E-state index in [4.69, 9.17) is 9.72 Å². The predicted molar refractivity (Wildman–Crippen MR) is 85.7 cm³/mol. The minimum Gasteiger partial charge on any atom is -0.378 e. The SMILES string of the molecule is CCCNCc1sc(N2CCC(OCC)CC2)nc1C. The Morgan fingerprint density at radius 1 is 1.35 bits per heavy atom. The van der Waals surface area contributed by atoms with Crippen molar-refractivity contribution in [2.24, 2.45) is 0 Å². The van der Waals surface area contributed by atoms with Crippen molar-refractivity contribution in [2.45, 2.75) is 52.7 Å². The molecule has 0 bridgehead atoms. The van der Waals surface area contributed by atoms with Crippen molar-refractivity contribution in [1.82, 2.24) is 10.3 Å². The summed E-state index contributed by atoms with van der Waals surface area (Å²) in [5.41, 5.74) is 1.18. The lowest BCUT2D eigenvalue weighted by Crippen LogP contribution is -2.37. The van der Waals surface area contributed by atoms with Gasteiger partial charge in [0.25, 0.3) is 0 Å². The molecule has 1 saturated heterocycles. The van der Waals surface area contributed by atoms with Crippen LogP contribution in [0.3, 0.4) is 0 Å². The molecule has 5 heteroatoms. The Balaban J connectivity index is 1.88. The fourth-order valence-electron chi connectivity index (χ4n) is 2.54. The van der Waals surface area contributed by atoms with Gasteiger partial charge in [-0.1, -0.05) is 6.92 Å². The summed E-state index contributed by atoms with van der Waals surface area (Å²) >= 11 is 1.84. The van der Waals surface area contributed by atoms with Crippen molar-refractivity contribution in [3.63, 3.8) is 0 Å². The monoisotopic (exact) mass is 297 g/mol. The lowest BCUT2D eigenvalue weighted by Gasteiger charge is -2.31. The molecule has 2 rings (SSSR count). The predicted octanol–water partition coefficient (Wildman–Crippen LogP) is 2.96. The van der Waals surface area contributed by atoms with Crippen LogP contribution in [-0.4, -0.2) is 37.3 Å². The average molecular weight is 297 g/mol. The molecular weight excluding hydrogens is 270 g/mol. The van der Waals surface area contributed by atoms with E-state index in [9.17, 15) is 0 Å². The van der Waals surface area contributed by atoms with Crippen molar-refractivity contribution in [2.75, 3.05) is 31.1 Å². The van der Waals surface area contributed by atoms with E-state index in [2.05, 4.69) is 31.0 Å². The molecule has 1 N–H and O–H groups in total. The molecule has 1 aliphatic rings. The number of thiazole rings is 1. The standard InChI is InChI=1S/C15H27N3OS/c1-4-8-16-11-14-12(3)17-15(20-14)18-9-6-13(7-10-18)19-5-2/h13,16H,4-11H2,1-3H3. The van der Waals surface area contributed by atoms with Crippen LogP contribution in [0, 0.1) is 6.92 Å². The van der Waals surface area contributed by atoms with Gasteiger partial charge in [-0.15, -0.1) is 11.3 Å². The van der Waals surface area contributed by atoms with Crippen LogP contribution in [0.25, 0.3) is 0 Å². The quantitative estimate of drug-likeness (QED) is 0.785. The summed E-state index contributed by atoms with van der Waals surface area (Å²) in [4.78, 5) is 8.54. The van der Waals surface area contributed by atoms with Crippen molar-refractivity contribution >= 4 is 16.5 Å². The van der Waals surface area contributed by atoms with Crippen LogP contribution in [0.2, 0.25) is 0 Å². The maximum atomic E-state index is 5.71. The molecule has 0 atom stereocenters. The highest BCUT2D eigenvalue weighted by atomic mass is 32.1. The molecule has 1 aromatic heterocycles. The number of nitrogens with one attached hydrogen (secondary N) is 1. The fourth-order valence-corrected chi connectivity index (χ4v) is 3.62. The van der Waals surface area contributed by atoms with Crippen molar-refractivity contribution in [3.05, 3.63) is 10.6 Å². The molecule has 0 aliphatic carbocycles. The van der Waals surface area contributed by atoms with E-state index in [1.807, 2.05) is 11.3 Å². The zero-order chi connectivity index (χ0) is 14.4. The topological polar surface area (TPSA) is 37.4 Å². The van der Waals surface area contributed by atoms with Gasteiger partial charge in [-0.05, 0) is 39.7 Å². The number of aromatic nitrogens is 1. The largest absolute Gasteiger partial charge is 0.378 e. The van der Waals surface area contributed by atoms with Crippen molar-refractivity contribution in [3.8, 4) is 0 Å². The fraction of sp³-hybridized carbons (Fsp3) is 0.800. The van der Waals surface area contributed by atoms with Crippen LogP contribution in [0.1, 0.15) is 43.7 Å². The summed E-state index contributed by atoms with van der Waals surface area (Å²) in [6, 6.07) is 0. The van der Waals surface area contributed by atoms with E-state index >= 15 is 0 Å². The maximum Gasteiger partial charge on any atom is 0.185 e. The Morgan fingerprint density at radius 2 is 2.10 bits per heavy atom. The molecule has 0 radical (unpaired) electrons. The highest BCUT2D eigenvalue weighted by molar-refractivity contribution is 7.15. The molecular formula is C15H27N3OS. The Hall–Kier alpha value is -0.650. The van der Waals surface area contributed by atoms with E-state index in [0.29, 0.717) is 6.10 Å². The second-order valence-electron chi connectivity index (χ2n) is 5.32. The number of rotatable bonds is 7. The zero-order valence-corrected chi connectivity index (χ0v) is 13.8. The summed E-state index contributed by atoms with van der Waals surface area (Å²) in [7, 11) is 0. The van der Waals surface area contributed by atoms with Gasteiger partial charge < -0.3 is 15.0 Å². The summed E-state index contributed by atoms with van der Waals surface area (Å²) < 4.78 is 5.71. The first-order valence-corrected chi connectivity index (χ1v) is 8.59. The number of aryl methyl sites for hydroxylation is 1. The first-order chi connectivity index (χ1) is 9.74. The summed E-state index contributed by atoms with van der Waals surface area (Å²) in [5.74, 6) is 0. The van der Waals surface area contributed by atoms with Crippen molar-refractivity contribution < 1.29 is 4.74 Å². The number of anilines is 1. The minimum absolute atomic E-state index is 0.447. The maximum absolute atomic E-state index is 5.71. The molecule has 1 aliphatic heterocycles. The summed E-state index contributed by atoms with van der Waals surface area (Å²) in [5, 5.41) is 4.65. The third-order valence-corrected chi connectivity index (χ3v) is 4.93. The average Bonchev–Trinajstić information content (AvgIpc) is 2.82. The van der Waals surface area contributed by atoms with E-state index in [-0.39, 0.29) is 0 Å². The Morgan fingerprint density at radius 3 is 2.75 bits per heavy atom. The first-order valence-electron chi connectivity index (χ1n) is 7.78.